The van der Waals surface area contributed by atoms with Gasteiger partial charge in [0.15, 0.2) is 0 Å². The molecule has 0 unspecified atom stereocenters. The smallest absolute Gasteiger partial charge is 0.268 e. The Balaban J connectivity index is 0.912. The number of H-pyrrole nitrogens is 1. The third-order valence-electron chi connectivity index (χ3n) is 13.3. The van der Waals surface area contributed by atoms with Gasteiger partial charge in [0.2, 0.25) is 0 Å². The Kier molecular flexibility index (Phi) is 12.9. The molecule has 0 radical (unpaired) electrons. The van der Waals surface area contributed by atoms with E-state index in [0.717, 1.165) is 107 Å². The van der Waals surface area contributed by atoms with Crippen molar-refractivity contribution in [3.05, 3.63) is 106 Å². The Morgan fingerprint density at radius 3 is 2.51 bits per heavy atom. The molecule has 1 amide bonds. The van der Waals surface area contributed by atoms with Crippen molar-refractivity contribution in [3.63, 3.8) is 0 Å². The number of benzene rings is 3. The summed E-state index contributed by atoms with van der Waals surface area (Å²) in [5, 5.41) is 11.4. The van der Waals surface area contributed by atoms with Gasteiger partial charge >= 0.3 is 0 Å². The van der Waals surface area contributed by atoms with Crippen LogP contribution in [0.25, 0.3) is 16.6 Å². The van der Waals surface area contributed by atoms with Crippen molar-refractivity contribution in [1.82, 2.24) is 29.4 Å². The fourth-order valence-corrected chi connectivity index (χ4v) is 10.5. The molecule has 5 heterocycles. The number of aromatic nitrogens is 2. The van der Waals surface area contributed by atoms with Gasteiger partial charge in [0.25, 0.3) is 15.9 Å². The molecular formula is C48H57ClN10O5S. The highest BCUT2D eigenvalue weighted by atomic mass is 35.5. The van der Waals surface area contributed by atoms with Crippen LogP contribution in [-0.4, -0.2) is 124 Å². The lowest BCUT2D eigenvalue weighted by Crippen LogP contribution is -2.47. The first kappa shape index (κ1) is 44.7. The second-order valence-electron chi connectivity index (χ2n) is 18.6. The number of pyridine rings is 1. The van der Waals surface area contributed by atoms with Gasteiger partial charge in [0.05, 0.1) is 28.0 Å². The maximum atomic E-state index is 14.1. The highest BCUT2D eigenvalue weighted by molar-refractivity contribution is 7.90. The van der Waals surface area contributed by atoms with E-state index in [1.807, 2.05) is 24.3 Å². The number of halogens is 1. The van der Waals surface area contributed by atoms with Crippen LogP contribution in [-0.2, 0) is 10.0 Å². The number of rotatable bonds is 13. The maximum absolute atomic E-state index is 14.1. The van der Waals surface area contributed by atoms with Crippen LogP contribution in [0.15, 0.2) is 94.8 Å². The van der Waals surface area contributed by atoms with Crippen molar-refractivity contribution >= 4 is 66.9 Å². The van der Waals surface area contributed by atoms with E-state index in [0.29, 0.717) is 29.3 Å². The minimum atomic E-state index is -4.48. The largest absolute Gasteiger partial charge is 0.455 e. The van der Waals surface area contributed by atoms with E-state index in [1.165, 1.54) is 28.8 Å². The molecule has 2 aromatic heterocycles. The van der Waals surface area contributed by atoms with Gasteiger partial charge in [-0.1, -0.05) is 43.2 Å². The number of anilines is 3. The quantitative estimate of drug-likeness (QED) is 0.0839. The topological polar surface area (TPSA) is 168 Å². The summed E-state index contributed by atoms with van der Waals surface area (Å²) in [7, 11) is -2.36. The molecule has 3 aromatic carbocycles. The number of sulfonamides is 1. The molecular weight excluding hydrogens is 864 g/mol. The minimum Gasteiger partial charge on any atom is -0.455 e. The average Bonchev–Trinajstić information content (AvgIpc) is 3.77. The summed E-state index contributed by atoms with van der Waals surface area (Å²) in [5.41, 5.74) is 6.72. The average molecular weight is 922 g/mol. The van der Waals surface area contributed by atoms with E-state index in [2.05, 4.69) is 83.1 Å². The number of hydrogen-bond donors (Lipinski definition) is 4. The van der Waals surface area contributed by atoms with Crippen LogP contribution in [0.4, 0.5) is 22.7 Å². The number of nitrogens with zero attached hydrogens (tertiary/aromatic N) is 6. The van der Waals surface area contributed by atoms with Gasteiger partial charge in [-0.25, -0.2) is 18.1 Å². The Bertz CT molecular complexity index is 2710. The molecule has 1 aliphatic carbocycles. The summed E-state index contributed by atoms with van der Waals surface area (Å²) in [6, 6.07) is 19.7. The van der Waals surface area contributed by atoms with Gasteiger partial charge in [-0.15, -0.1) is 4.91 Å². The van der Waals surface area contributed by atoms with Gasteiger partial charge < -0.3 is 35.1 Å². The summed E-state index contributed by atoms with van der Waals surface area (Å²) >= 11 is 6.26. The molecule has 5 aromatic rings. The van der Waals surface area contributed by atoms with Gasteiger partial charge in [0.1, 0.15) is 22.8 Å². The lowest BCUT2D eigenvalue weighted by atomic mass is 9.72. The van der Waals surface area contributed by atoms with Crippen molar-refractivity contribution in [2.24, 2.45) is 10.6 Å². The Morgan fingerprint density at radius 1 is 0.969 bits per heavy atom. The number of allylic oxidation sites excluding steroid dienone is 1. The fourth-order valence-electron chi connectivity index (χ4n) is 9.41. The van der Waals surface area contributed by atoms with Gasteiger partial charge in [0, 0.05) is 106 Å². The zero-order valence-corrected chi connectivity index (χ0v) is 38.8. The van der Waals surface area contributed by atoms with Gasteiger partial charge in [-0.3, -0.25) is 9.69 Å². The number of fused-ring (bicyclic) bond motifs is 2. The first-order valence-electron chi connectivity index (χ1n) is 22.5. The predicted octanol–water partition coefficient (Wildman–Crippen LogP) is 8.15. The van der Waals surface area contributed by atoms with Gasteiger partial charge in [-0.2, -0.15) is 0 Å². The Morgan fingerprint density at radius 2 is 1.74 bits per heavy atom. The van der Waals surface area contributed by atoms with Crippen LogP contribution in [0.3, 0.4) is 0 Å². The van der Waals surface area contributed by atoms with Crippen LogP contribution in [0.2, 0.25) is 5.02 Å². The van der Waals surface area contributed by atoms with Crippen molar-refractivity contribution < 1.29 is 17.9 Å². The molecule has 4 aliphatic rings. The monoisotopic (exact) mass is 920 g/mol. The van der Waals surface area contributed by atoms with E-state index in [4.69, 9.17) is 16.3 Å². The van der Waals surface area contributed by atoms with E-state index in [9.17, 15) is 18.1 Å². The maximum Gasteiger partial charge on any atom is 0.268 e. The van der Waals surface area contributed by atoms with Gasteiger partial charge in [-0.05, 0) is 103 Å². The number of hydrogen-bond acceptors (Lipinski definition) is 13. The van der Waals surface area contributed by atoms with Crippen LogP contribution >= 0.6 is 11.6 Å². The second kappa shape index (κ2) is 18.8. The minimum absolute atomic E-state index is 0.0155. The molecule has 0 spiro atoms. The SMILES string of the molecule is CN1CCN(CC[C@@H]2CNc3cc(S(=O)(=O)NC(=O)c4ccc(N5CCN(CC6=C(c7ccc(Cl)cc7)CC(C)(C)CC6)CC5)cc4Oc4cnc5[nH]ccc5c4)cc(N=O)c3N2)CC1. The van der Waals surface area contributed by atoms with Crippen molar-refractivity contribution in [2.45, 2.75) is 50.5 Å². The summed E-state index contributed by atoms with van der Waals surface area (Å²) in [6.45, 7) is 14.2. The molecule has 3 aliphatic heterocycles. The third-order valence-corrected chi connectivity index (χ3v) is 14.9. The molecule has 342 valence electrons. The molecule has 1 atom stereocenters. The number of amides is 1. The first-order chi connectivity index (χ1) is 31.3. The molecule has 65 heavy (non-hydrogen) atoms. The Hall–Kier alpha value is -5.52. The predicted molar refractivity (Wildman–Crippen MR) is 258 cm³/mol. The summed E-state index contributed by atoms with van der Waals surface area (Å²) < 4.78 is 36.5. The zero-order valence-electron chi connectivity index (χ0n) is 37.2. The highest BCUT2D eigenvalue weighted by Gasteiger charge is 2.31. The molecule has 17 heteroatoms. The van der Waals surface area contributed by atoms with Crippen LogP contribution in [0.5, 0.6) is 11.5 Å². The number of likely N-dealkylation sites (N-methyl/N-ethyl adjacent to an activating group) is 1. The number of ether oxygens (including phenoxy) is 1. The molecule has 0 bridgehead atoms. The molecule has 4 N–H and O–H groups in total. The molecule has 9 rings (SSSR count). The van der Waals surface area contributed by atoms with Crippen LogP contribution < -0.4 is 25.0 Å². The fraction of sp³-hybridized carbons (Fsp3) is 0.417. The van der Waals surface area contributed by atoms with E-state index in [1.54, 1.807) is 30.6 Å². The van der Waals surface area contributed by atoms with Crippen LogP contribution in [0.1, 0.15) is 55.5 Å². The highest BCUT2D eigenvalue weighted by Crippen LogP contribution is 2.44. The number of nitrogens with one attached hydrogen (secondary N) is 4. The van der Waals surface area contributed by atoms with Crippen molar-refractivity contribution in [2.75, 3.05) is 94.6 Å². The number of piperazine rings is 2. The summed E-state index contributed by atoms with van der Waals surface area (Å²) in [5.74, 6) is -0.333. The zero-order chi connectivity index (χ0) is 45.3. The lowest BCUT2D eigenvalue weighted by molar-refractivity contribution is 0.0979. The molecule has 0 saturated carbocycles. The van der Waals surface area contributed by atoms with E-state index in [-0.39, 0.29) is 33.4 Å². The molecule has 15 nitrogen and oxygen atoms in total. The van der Waals surface area contributed by atoms with Crippen molar-refractivity contribution in [1.29, 1.82) is 0 Å². The number of aromatic amines is 1. The second-order valence-corrected chi connectivity index (χ2v) is 20.7. The lowest BCUT2D eigenvalue weighted by Gasteiger charge is -2.39. The Labute approximate surface area is 385 Å². The standard InChI is InChI=1S/C48H57ClN10O5S/c1-48(2)13-10-34(41(28-48)32-4-6-35(49)7-5-32)31-58-20-22-59(23-21-58)37-8-9-40(44(25-37)64-38-24-33-11-14-50-46(33)52-30-38)47(60)55-65(62,63)39-26-42-45(43(27-39)54-61)53-36(29-51-42)12-15-57-18-16-56(3)17-19-57/h4-9,11,14,24-27,30,36,51,53H,10,12-13,15-23,28-29,31H2,1-3H3,(H,50,52)(H,55,60)/t36-/m1/s1. The first-order valence-corrected chi connectivity index (χ1v) is 24.3. The van der Waals surface area contributed by atoms with E-state index < -0.39 is 15.9 Å². The number of carbonyl (C=O) groups excluding carboxylic acids is 1. The third kappa shape index (κ3) is 10.3. The van der Waals surface area contributed by atoms with E-state index >= 15 is 0 Å². The number of carbonyl (C=O) groups is 1. The summed E-state index contributed by atoms with van der Waals surface area (Å²) in [6.07, 6.45) is 7.40. The molecule has 2 saturated heterocycles. The summed E-state index contributed by atoms with van der Waals surface area (Å²) in [4.78, 5) is 43.0. The van der Waals surface area contributed by atoms with Crippen LogP contribution in [0, 0.1) is 10.3 Å². The number of nitroso groups, excluding NO2 is 1. The normalized spacial score (nSPS) is 19.6. The molecule has 2 fully saturated rings. The van der Waals surface area contributed by atoms with Crippen molar-refractivity contribution in [3.8, 4) is 11.5 Å².